The molecule has 2 rings (SSSR count). The number of methoxy groups -OCH3 is 1. The van der Waals surface area contributed by atoms with E-state index in [1.807, 2.05) is 6.07 Å². The molecule has 0 aromatic carbocycles. The molecule has 0 saturated carbocycles. The highest BCUT2D eigenvalue weighted by Gasteiger charge is 2.34. The Hall–Kier alpha value is -1.43. The minimum absolute atomic E-state index is 0.0281. The summed E-state index contributed by atoms with van der Waals surface area (Å²) in [6.45, 7) is 0.365. The van der Waals surface area contributed by atoms with Gasteiger partial charge in [-0.3, -0.25) is 9.59 Å². The lowest BCUT2D eigenvalue weighted by Crippen LogP contribution is -2.30. The van der Waals surface area contributed by atoms with Gasteiger partial charge in [-0.15, -0.1) is 11.8 Å². The lowest BCUT2D eigenvalue weighted by atomic mass is 10.3. The van der Waals surface area contributed by atoms with E-state index >= 15 is 0 Å². The molecule has 17 heavy (non-hydrogen) atoms. The summed E-state index contributed by atoms with van der Waals surface area (Å²) in [6.07, 6.45) is 1.79. The van der Waals surface area contributed by atoms with Crippen molar-refractivity contribution in [2.45, 2.75) is 11.8 Å². The van der Waals surface area contributed by atoms with Crippen LogP contribution in [0.3, 0.4) is 0 Å². The highest BCUT2D eigenvalue weighted by atomic mass is 32.2. The fraction of sp³-hybridized carbons (Fsp3) is 0.455. The summed E-state index contributed by atoms with van der Waals surface area (Å²) in [6, 6.07) is 3.62. The number of ether oxygens (including phenoxy) is 1. The standard InChI is InChI=1S/C11H13NO4S/c1-15-10(14)4-5-12-9(13)7-17-11(12)8-3-2-6-16-8/h2-3,6,11H,4-5,7H2,1H3. The van der Waals surface area contributed by atoms with Crippen molar-refractivity contribution in [3.8, 4) is 0 Å². The van der Waals surface area contributed by atoms with Crippen molar-refractivity contribution in [3.05, 3.63) is 24.2 Å². The summed E-state index contributed by atoms with van der Waals surface area (Å²) in [7, 11) is 1.34. The van der Waals surface area contributed by atoms with Gasteiger partial charge in [0, 0.05) is 6.54 Å². The van der Waals surface area contributed by atoms with Crippen molar-refractivity contribution in [1.29, 1.82) is 0 Å². The predicted octanol–water partition coefficient (Wildman–Crippen LogP) is 1.42. The lowest BCUT2D eigenvalue weighted by molar-refractivity contribution is -0.141. The zero-order valence-electron chi connectivity index (χ0n) is 9.42. The second kappa shape index (κ2) is 5.27. The molecule has 1 aromatic rings. The monoisotopic (exact) mass is 255 g/mol. The Labute approximate surface area is 103 Å². The van der Waals surface area contributed by atoms with Crippen LogP contribution in [0, 0.1) is 0 Å². The molecule has 1 atom stereocenters. The van der Waals surface area contributed by atoms with E-state index in [1.54, 1.807) is 17.2 Å². The van der Waals surface area contributed by atoms with Gasteiger partial charge in [-0.05, 0) is 12.1 Å². The van der Waals surface area contributed by atoms with E-state index < -0.39 is 0 Å². The highest BCUT2D eigenvalue weighted by Crippen LogP contribution is 2.38. The van der Waals surface area contributed by atoms with Gasteiger partial charge in [0.05, 0.1) is 25.5 Å². The predicted molar refractivity (Wildman–Crippen MR) is 62.3 cm³/mol. The third-order valence-corrected chi connectivity index (χ3v) is 3.76. The molecule has 1 amide bonds. The number of carbonyl (C=O) groups excluding carboxylic acids is 2. The van der Waals surface area contributed by atoms with Crippen LogP contribution in [0.5, 0.6) is 0 Å². The largest absolute Gasteiger partial charge is 0.469 e. The molecule has 2 heterocycles. The molecular weight excluding hydrogens is 242 g/mol. The van der Waals surface area contributed by atoms with Gasteiger partial charge >= 0.3 is 5.97 Å². The zero-order chi connectivity index (χ0) is 12.3. The number of furan rings is 1. The van der Waals surface area contributed by atoms with Crippen LogP contribution >= 0.6 is 11.8 Å². The highest BCUT2D eigenvalue weighted by molar-refractivity contribution is 8.00. The molecule has 6 heteroatoms. The van der Waals surface area contributed by atoms with Gasteiger partial charge in [0.1, 0.15) is 11.1 Å². The van der Waals surface area contributed by atoms with Gasteiger partial charge in [0.25, 0.3) is 0 Å². The average molecular weight is 255 g/mol. The maximum Gasteiger partial charge on any atom is 0.307 e. The van der Waals surface area contributed by atoms with Crippen LogP contribution in [-0.2, 0) is 14.3 Å². The molecule has 1 fully saturated rings. The van der Waals surface area contributed by atoms with Gasteiger partial charge in [0.2, 0.25) is 5.91 Å². The Morgan fingerprint density at radius 1 is 1.71 bits per heavy atom. The molecule has 0 bridgehead atoms. The maximum atomic E-state index is 11.7. The Balaban J connectivity index is 2.02. The fourth-order valence-electron chi connectivity index (χ4n) is 1.68. The number of carbonyl (C=O) groups is 2. The third kappa shape index (κ3) is 2.63. The first-order valence-corrected chi connectivity index (χ1v) is 6.28. The molecule has 0 spiro atoms. The van der Waals surface area contributed by atoms with Crippen molar-refractivity contribution in [2.75, 3.05) is 19.4 Å². The second-order valence-electron chi connectivity index (χ2n) is 3.59. The Morgan fingerprint density at radius 3 is 3.18 bits per heavy atom. The summed E-state index contributed by atoms with van der Waals surface area (Å²) in [5.41, 5.74) is 0. The number of nitrogens with zero attached hydrogens (tertiary/aromatic N) is 1. The van der Waals surface area contributed by atoms with Crippen molar-refractivity contribution in [3.63, 3.8) is 0 Å². The minimum Gasteiger partial charge on any atom is -0.469 e. The van der Waals surface area contributed by atoms with Crippen LogP contribution in [0.15, 0.2) is 22.8 Å². The van der Waals surface area contributed by atoms with Crippen LogP contribution in [-0.4, -0.2) is 36.2 Å². The van der Waals surface area contributed by atoms with Gasteiger partial charge in [-0.2, -0.15) is 0 Å². The van der Waals surface area contributed by atoms with Crippen LogP contribution in [0.25, 0.3) is 0 Å². The molecule has 0 N–H and O–H groups in total. The van der Waals surface area contributed by atoms with Crippen molar-refractivity contribution < 1.29 is 18.7 Å². The number of thioether (sulfide) groups is 1. The first-order chi connectivity index (χ1) is 8.22. The molecular formula is C11H13NO4S. The topological polar surface area (TPSA) is 59.8 Å². The zero-order valence-corrected chi connectivity index (χ0v) is 10.2. The summed E-state index contributed by atoms with van der Waals surface area (Å²) >= 11 is 1.51. The van der Waals surface area contributed by atoms with Crippen LogP contribution < -0.4 is 0 Å². The first-order valence-electron chi connectivity index (χ1n) is 5.23. The van der Waals surface area contributed by atoms with Gasteiger partial charge < -0.3 is 14.1 Å². The maximum absolute atomic E-state index is 11.7. The number of hydrogen-bond acceptors (Lipinski definition) is 5. The van der Waals surface area contributed by atoms with E-state index in [-0.39, 0.29) is 23.7 Å². The summed E-state index contributed by atoms with van der Waals surface area (Å²) in [5, 5.41) is -0.123. The van der Waals surface area contributed by atoms with Crippen molar-refractivity contribution >= 4 is 23.6 Å². The number of esters is 1. The Kier molecular flexibility index (Phi) is 3.73. The van der Waals surface area contributed by atoms with Crippen LogP contribution in [0.4, 0.5) is 0 Å². The number of hydrogen-bond donors (Lipinski definition) is 0. The first kappa shape index (κ1) is 12.0. The van der Waals surface area contributed by atoms with Gasteiger partial charge in [-0.25, -0.2) is 0 Å². The smallest absolute Gasteiger partial charge is 0.307 e. The fourth-order valence-corrected chi connectivity index (χ4v) is 2.84. The van der Waals surface area contributed by atoms with E-state index in [0.29, 0.717) is 12.3 Å². The van der Waals surface area contributed by atoms with Crippen LogP contribution in [0.1, 0.15) is 17.6 Å². The summed E-state index contributed by atoms with van der Waals surface area (Å²) in [4.78, 5) is 24.4. The second-order valence-corrected chi connectivity index (χ2v) is 4.66. The number of amides is 1. The molecule has 1 aliphatic rings. The third-order valence-electron chi connectivity index (χ3n) is 2.54. The normalized spacial score (nSPS) is 19.7. The minimum atomic E-state index is -0.312. The van der Waals surface area contributed by atoms with Gasteiger partial charge in [0.15, 0.2) is 0 Å². The number of rotatable bonds is 4. The van der Waals surface area contributed by atoms with E-state index in [1.165, 1.54) is 18.9 Å². The van der Waals surface area contributed by atoms with E-state index in [0.717, 1.165) is 5.76 Å². The SMILES string of the molecule is COC(=O)CCN1C(=O)CSC1c1ccco1. The molecule has 0 aliphatic carbocycles. The molecule has 92 valence electrons. The Morgan fingerprint density at radius 2 is 2.53 bits per heavy atom. The summed E-state index contributed by atoms with van der Waals surface area (Å²) in [5.74, 6) is 0.880. The van der Waals surface area contributed by atoms with E-state index in [4.69, 9.17) is 4.42 Å². The molecule has 5 nitrogen and oxygen atoms in total. The molecule has 1 aliphatic heterocycles. The van der Waals surface area contributed by atoms with E-state index in [2.05, 4.69) is 4.74 Å². The van der Waals surface area contributed by atoms with Crippen molar-refractivity contribution in [2.24, 2.45) is 0 Å². The molecule has 1 unspecified atom stereocenters. The molecule has 1 saturated heterocycles. The molecule has 0 radical (unpaired) electrons. The van der Waals surface area contributed by atoms with Crippen LogP contribution in [0.2, 0.25) is 0 Å². The summed E-state index contributed by atoms with van der Waals surface area (Å²) < 4.78 is 9.86. The average Bonchev–Trinajstić information content (AvgIpc) is 2.95. The quantitative estimate of drug-likeness (QED) is 0.761. The lowest BCUT2D eigenvalue weighted by Gasteiger charge is -2.21. The van der Waals surface area contributed by atoms with Crippen molar-refractivity contribution in [1.82, 2.24) is 4.90 Å². The van der Waals surface area contributed by atoms with Gasteiger partial charge in [-0.1, -0.05) is 0 Å². The molecule has 1 aromatic heterocycles. The van der Waals surface area contributed by atoms with E-state index in [9.17, 15) is 9.59 Å². The Bertz CT molecular complexity index is 404.